The Bertz CT molecular complexity index is 444. The number of thioether (sulfide) groups is 1. The van der Waals surface area contributed by atoms with E-state index in [1.165, 1.54) is 0 Å². The SMILES string of the molecule is CCOC(=O)Cn1nc(SC)c(C(=O)O)c1N. The first-order valence-electron chi connectivity index (χ1n) is 4.80. The number of anilines is 1. The van der Waals surface area contributed by atoms with E-state index in [9.17, 15) is 9.59 Å². The van der Waals surface area contributed by atoms with Crippen molar-refractivity contribution in [3.05, 3.63) is 5.56 Å². The predicted molar refractivity (Wildman–Crippen MR) is 62.0 cm³/mol. The first-order chi connectivity index (χ1) is 8.01. The van der Waals surface area contributed by atoms with E-state index in [2.05, 4.69) is 5.10 Å². The third kappa shape index (κ3) is 2.90. The van der Waals surface area contributed by atoms with Crippen molar-refractivity contribution in [3.8, 4) is 0 Å². The Kier molecular flexibility index (Phi) is 4.38. The maximum atomic E-state index is 11.3. The summed E-state index contributed by atoms with van der Waals surface area (Å²) in [4.78, 5) is 22.2. The number of esters is 1. The Balaban J connectivity index is 3.02. The van der Waals surface area contributed by atoms with Crippen LogP contribution < -0.4 is 5.73 Å². The van der Waals surface area contributed by atoms with Crippen molar-refractivity contribution < 1.29 is 19.4 Å². The molecule has 0 aliphatic carbocycles. The second kappa shape index (κ2) is 5.58. The van der Waals surface area contributed by atoms with Crippen molar-refractivity contribution in [1.82, 2.24) is 9.78 Å². The lowest BCUT2D eigenvalue weighted by Crippen LogP contribution is -2.16. The van der Waals surface area contributed by atoms with Crippen LogP contribution in [0.25, 0.3) is 0 Å². The normalized spacial score (nSPS) is 10.2. The number of hydrogen-bond acceptors (Lipinski definition) is 6. The fourth-order valence-corrected chi connectivity index (χ4v) is 1.82. The summed E-state index contributed by atoms with van der Waals surface area (Å²) in [6.07, 6.45) is 1.68. The molecule has 0 radical (unpaired) electrons. The first-order valence-corrected chi connectivity index (χ1v) is 6.02. The highest BCUT2D eigenvalue weighted by Gasteiger charge is 2.22. The molecule has 0 aliphatic rings. The lowest BCUT2D eigenvalue weighted by molar-refractivity contribution is -0.144. The van der Waals surface area contributed by atoms with Gasteiger partial charge in [-0.3, -0.25) is 4.79 Å². The Labute approximate surface area is 102 Å². The Hall–Kier alpha value is -1.70. The van der Waals surface area contributed by atoms with Gasteiger partial charge in [0, 0.05) is 0 Å². The number of ether oxygens (including phenoxy) is 1. The van der Waals surface area contributed by atoms with Crippen LogP contribution in [-0.4, -0.2) is 39.7 Å². The topological polar surface area (TPSA) is 107 Å². The van der Waals surface area contributed by atoms with Crippen molar-refractivity contribution in [1.29, 1.82) is 0 Å². The third-order valence-electron chi connectivity index (χ3n) is 1.95. The molecule has 3 N–H and O–H groups in total. The zero-order chi connectivity index (χ0) is 13.0. The number of aromatic nitrogens is 2. The number of carbonyl (C=O) groups is 2. The van der Waals surface area contributed by atoms with Crippen molar-refractivity contribution >= 4 is 29.5 Å². The van der Waals surface area contributed by atoms with Gasteiger partial charge in [0.25, 0.3) is 0 Å². The number of carboxylic acid groups (broad SMARTS) is 1. The first kappa shape index (κ1) is 13.4. The molecule has 0 saturated carbocycles. The molecule has 0 fully saturated rings. The molecule has 0 aromatic carbocycles. The average molecular weight is 259 g/mol. The Morgan fingerprint density at radius 2 is 2.24 bits per heavy atom. The second-order valence-corrected chi connectivity index (χ2v) is 3.83. The number of nitrogens with zero attached hydrogens (tertiary/aromatic N) is 2. The molecule has 0 atom stereocenters. The van der Waals surface area contributed by atoms with E-state index in [1.54, 1.807) is 13.2 Å². The van der Waals surface area contributed by atoms with Crippen LogP contribution in [0.4, 0.5) is 5.82 Å². The van der Waals surface area contributed by atoms with Gasteiger partial charge in [-0.25, -0.2) is 9.48 Å². The van der Waals surface area contributed by atoms with Gasteiger partial charge >= 0.3 is 11.9 Å². The van der Waals surface area contributed by atoms with Crippen molar-refractivity contribution in [2.45, 2.75) is 18.5 Å². The van der Waals surface area contributed by atoms with E-state index >= 15 is 0 Å². The number of rotatable bonds is 5. The van der Waals surface area contributed by atoms with Crippen molar-refractivity contribution in [3.63, 3.8) is 0 Å². The Morgan fingerprint density at radius 3 is 2.65 bits per heavy atom. The molecule has 1 rings (SSSR count). The van der Waals surface area contributed by atoms with Gasteiger partial charge in [0.2, 0.25) is 0 Å². The predicted octanol–water partition coefficient (Wildman–Crippen LogP) is 0.449. The zero-order valence-corrected chi connectivity index (χ0v) is 10.3. The minimum Gasteiger partial charge on any atom is -0.477 e. The molecule has 8 heteroatoms. The van der Waals surface area contributed by atoms with E-state index in [0.29, 0.717) is 0 Å². The summed E-state index contributed by atoms with van der Waals surface area (Å²) in [5.74, 6) is -1.72. The van der Waals surface area contributed by atoms with Crippen LogP contribution in [0.15, 0.2) is 5.03 Å². The van der Waals surface area contributed by atoms with Gasteiger partial charge in [-0.05, 0) is 13.2 Å². The van der Waals surface area contributed by atoms with Crippen LogP contribution in [0.1, 0.15) is 17.3 Å². The van der Waals surface area contributed by atoms with Gasteiger partial charge in [-0.2, -0.15) is 5.10 Å². The minimum atomic E-state index is -1.16. The lowest BCUT2D eigenvalue weighted by Gasteiger charge is -2.03. The second-order valence-electron chi connectivity index (χ2n) is 3.04. The minimum absolute atomic E-state index is 0.0464. The smallest absolute Gasteiger partial charge is 0.342 e. The van der Waals surface area contributed by atoms with Crippen molar-refractivity contribution in [2.24, 2.45) is 0 Å². The monoisotopic (exact) mass is 259 g/mol. The molecule has 0 amide bonds. The number of carbonyl (C=O) groups excluding carboxylic acids is 1. The fraction of sp³-hybridized carbons (Fsp3) is 0.444. The highest BCUT2D eigenvalue weighted by atomic mass is 32.2. The average Bonchev–Trinajstić information content (AvgIpc) is 2.56. The van der Waals surface area contributed by atoms with Crippen LogP contribution in [0.3, 0.4) is 0 Å². The van der Waals surface area contributed by atoms with Gasteiger partial charge in [-0.15, -0.1) is 11.8 Å². The van der Waals surface area contributed by atoms with Gasteiger partial charge < -0.3 is 15.6 Å². The molecule has 0 unspecified atom stereocenters. The highest BCUT2D eigenvalue weighted by Crippen LogP contribution is 2.24. The summed E-state index contributed by atoms with van der Waals surface area (Å²) in [5, 5.41) is 13.2. The highest BCUT2D eigenvalue weighted by molar-refractivity contribution is 7.98. The van der Waals surface area contributed by atoms with Crippen LogP contribution in [0, 0.1) is 0 Å². The van der Waals surface area contributed by atoms with Gasteiger partial charge in [-0.1, -0.05) is 0 Å². The molecule has 0 saturated heterocycles. The molecule has 94 valence electrons. The summed E-state index contributed by atoms with van der Waals surface area (Å²) in [7, 11) is 0. The standard InChI is InChI=1S/C9H13N3O4S/c1-3-16-5(13)4-12-7(10)6(9(14)15)8(11-12)17-2/h3-4,10H2,1-2H3,(H,14,15). The van der Waals surface area contributed by atoms with Gasteiger partial charge in [0.1, 0.15) is 23.0 Å². The van der Waals surface area contributed by atoms with Crippen LogP contribution in [0.5, 0.6) is 0 Å². The number of hydrogen-bond donors (Lipinski definition) is 2. The quantitative estimate of drug-likeness (QED) is 0.583. The van der Waals surface area contributed by atoms with Crippen LogP contribution in [0.2, 0.25) is 0 Å². The Morgan fingerprint density at radius 1 is 1.59 bits per heavy atom. The maximum Gasteiger partial charge on any atom is 0.342 e. The van der Waals surface area contributed by atoms with Crippen molar-refractivity contribution in [2.75, 3.05) is 18.6 Å². The number of aromatic carboxylic acids is 1. The van der Waals surface area contributed by atoms with E-state index in [0.717, 1.165) is 16.4 Å². The summed E-state index contributed by atoms with van der Waals surface area (Å²) in [5.41, 5.74) is 5.54. The summed E-state index contributed by atoms with van der Waals surface area (Å²) >= 11 is 1.15. The summed E-state index contributed by atoms with van der Waals surface area (Å²) in [6, 6.07) is 0. The molecular formula is C9H13N3O4S. The fourth-order valence-electron chi connectivity index (χ4n) is 1.25. The maximum absolute atomic E-state index is 11.3. The molecule has 0 spiro atoms. The number of carboxylic acids is 1. The largest absolute Gasteiger partial charge is 0.477 e. The van der Waals surface area contributed by atoms with Gasteiger partial charge in [0.05, 0.1) is 6.61 Å². The number of nitrogen functional groups attached to an aromatic ring is 1. The molecule has 7 nitrogen and oxygen atoms in total. The van der Waals surface area contributed by atoms with Crippen LogP contribution in [-0.2, 0) is 16.1 Å². The summed E-state index contributed by atoms with van der Waals surface area (Å²) in [6.45, 7) is 1.74. The molecular weight excluding hydrogens is 246 g/mol. The van der Waals surface area contributed by atoms with E-state index in [4.69, 9.17) is 15.6 Å². The zero-order valence-electron chi connectivity index (χ0n) is 9.47. The van der Waals surface area contributed by atoms with E-state index < -0.39 is 11.9 Å². The molecule has 1 aromatic heterocycles. The molecule has 0 bridgehead atoms. The molecule has 1 aromatic rings. The van der Waals surface area contributed by atoms with E-state index in [-0.39, 0.29) is 29.6 Å². The number of nitrogens with two attached hydrogens (primary N) is 1. The molecule has 17 heavy (non-hydrogen) atoms. The molecule has 0 aliphatic heterocycles. The van der Waals surface area contributed by atoms with Gasteiger partial charge in [0.15, 0.2) is 0 Å². The van der Waals surface area contributed by atoms with Crippen LogP contribution >= 0.6 is 11.8 Å². The lowest BCUT2D eigenvalue weighted by atomic mass is 10.3. The van der Waals surface area contributed by atoms with E-state index in [1.807, 2.05) is 0 Å². The summed E-state index contributed by atoms with van der Waals surface area (Å²) < 4.78 is 5.87. The molecule has 1 heterocycles. The third-order valence-corrected chi connectivity index (χ3v) is 2.62.